The van der Waals surface area contributed by atoms with Gasteiger partial charge in [0.05, 0.1) is 22.0 Å². The maximum absolute atomic E-state index is 13.0. The number of anilines is 2. The van der Waals surface area contributed by atoms with Crippen molar-refractivity contribution < 1.29 is 14.4 Å². The van der Waals surface area contributed by atoms with E-state index in [1.807, 2.05) is 6.07 Å². The number of rotatable bonds is 4. The molecule has 2 aliphatic rings. The summed E-state index contributed by atoms with van der Waals surface area (Å²) >= 11 is 6.08. The van der Waals surface area contributed by atoms with Crippen molar-refractivity contribution in [1.82, 2.24) is 5.32 Å². The van der Waals surface area contributed by atoms with Gasteiger partial charge in [0.2, 0.25) is 17.7 Å². The molecule has 5 N–H and O–H groups in total. The minimum atomic E-state index is -0.779. The average molecular weight is 455 g/mol. The maximum atomic E-state index is 13.0. The van der Waals surface area contributed by atoms with Crippen LogP contribution in [0.4, 0.5) is 11.4 Å². The Kier molecular flexibility index (Phi) is 5.51. The SMILES string of the molecule is CC(C)(C)Cc1ccc2c(c1)C1(CNC(C(=O)Nc3ccc(C(N)=O)c(Cl)c3)C1)C(=O)N2. The number of halogens is 1. The Morgan fingerprint density at radius 2 is 1.97 bits per heavy atom. The van der Waals surface area contributed by atoms with Gasteiger partial charge in [0.15, 0.2) is 0 Å². The lowest BCUT2D eigenvalue weighted by atomic mass is 9.78. The first-order chi connectivity index (χ1) is 15.0. The van der Waals surface area contributed by atoms with Gasteiger partial charge < -0.3 is 21.7 Å². The Morgan fingerprint density at radius 1 is 1.22 bits per heavy atom. The van der Waals surface area contributed by atoms with Crippen molar-refractivity contribution in [1.29, 1.82) is 0 Å². The zero-order valence-electron chi connectivity index (χ0n) is 18.3. The van der Waals surface area contributed by atoms with Crippen LogP contribution in [0.3, 0.4) is 0 Å². The number of amides is 3. The van der Waals surface area contributed by atoms with Crippen LogP contribution in [0.25, 0.3) is 0 Å². The molecule has 0 saturated carbocycles. The topological polar surface area (TPSA) is 113 Å². The van der Waals surface area contributed by atoms with Crippen molar-refractivity contribution in [3.05, 3.63) is 58.1 Å². The van der Waals surface area contributed by atoms with Gasteiger partial charge in [-0.05, 0) is 53.6 Å². The Labute approximate surface area is 192 Å². The maximum Gasteiger partial charge on any atom is 0.250 e. The number of hydrogen-bond acceptors (Lipinski definition) is 4. The number of carbonyl (C=O) groups is 3. The van der Waals surface area contributed by atoms with Gasteiger partial charge in [-0.3, -0.25) is 14.4 Å². The zero-order valence-corrected chi connectivity index (χ0v) is 19.1. The first-order valence-electron chi connectivity index (χ1n) is 10.6. The number of fused-ring (bicyclic) bond motifs is 2. The van der Waals surface area contributed by atoms with E-state index in [2.05, 4.69) is 48.9 Å². The van der Waals surface area contributed by atoms with Crippen LogP contribution in [-0.2, 0) is 21.4 Å². The summed E-state index contributed by atoms with van der Waals surface area (Å²) in [5.74, 6) is -0.988. The van der Waals surface area contributed by atoms with Crippen molar-refractivity contribution in [3.8, 4) is 0 Å². The zero-order chi connectivity index (χ0) is 23.3. The van der Waals surface area contributed by atoms with Gasteiger partial charge in [-0.25, -0.2) is 0 Å². The van der Waals surface area contributed by atoms with Crippen molar-refractivity contribution >= 4 is 40.7 Å². The summed E-state index contributed by atoms with van der Waals surface area (Å²) in [6.45, 7) is 6.92. The van der Waals surface area contributed by atoms with Gasteiger partial charge in [0.25, 0.3) is 0 Å². The fourth-order valence-electron chi connectivity index (χ4n) is 4.56. The second-order valence-corrected chi connectivity index (χ2v) is 10.2. The van der Waals surface area contributed by atoms with Gasteiger partial charge >= 0.3 is 0 Å². The lowest BCUT2D eigenvalue weighted by molar-refractivity contribution is -0.120. The van der Waals surface area contributed by atoms with Gasteiger partial charge in [0.1, 0.15) is 0 Å². The lowest BCUT2D eigenvalue weighted by Gasteiger charge is -2.23. The Bertz CT molecular complexity index is 1120. The van der Waals surface area contributed by atoms with E-state index >= 15 is 0 Å². The molecule has 0 aromatic heterocycles. The second-order valence-electron chi connectivity index (χ2n) is 9.84. The molecule has 2 heterocycles. The van der Waals surface area contributed by atoms with Crippen LogP contribution in [0.5, 0.6) is 0 Å². The van der Waals surface area contributed by atoms with E-state index in [4.69, 9.17) is 17.3 Å². The first kappa shape index (κ1) is 22.3. The molecule has 2 aromatic rings. The van der Waals surface area contributed by atoms with Gasteiger partial charge in [0, 0.05) is 17.9 Å². The van der Waals surface area contributed by atoms with Crippen molar-refractivity contribution in [2.24, 2.45) is 11.1 Å². The molecule has 0 radical (unpaired) electrons. The molecule has 168 valence electrons. The van der Waals surface area contributed by atoms with Gasteiger partial charge in [-0.15, -0.1) is 0 Å². The standard InChI is InChI=1S/C24H27ClN4O3/c1-23(2,3)10-13-4-7-18-16(8-13)24(22(32)29-18)11-19(27-12-24)21(31)28-14-5-6-15(20(26)30)17(25)9-14/h4-9,19,27H,10-12H2,1-3H3,(H2,26,30)(H,28,31)(H,29,32). The Hall–Kier alpha value is -2.90. The normalized spacial score (nSPS) is 22.0. The van der Waals surface area contributed by atoms with E-state index in [0.29, 0.717) is 18.7 Å². The molecule has 3 amide bonds. The summed E-state index contributed by atoms with van der Waals surface area (Å²) in [6, 6.07) is 10.1. The smallest absolute Gasteiger partial charge is 0.250 e. The summed E-state index contributed by atoms with van der Waals surface area (Å²) in [7, 11) is 0. The highest BCUT2D eigenvalue weighted by molar-refractivity contribution is 6.34. The number of hydrogen-bond donors (Lipinski definition) is 4. The summed E-state index contributed by atoms with van der Waals surface area (Å²) in [6.07, 6.45) is 1.24. The molecule has 2 unspecified atom stereocenters. The number of nitrogens with one attached hydrogen (secondary N) is 3. The fraction of sp³-hybridized carbons (Fsp3) is 0.375. The van der Waals surface area contributed by atoms with Crippen LogP contribution < -0.4 is 21.7 Å². The molecular formula is C24H27ClN4O3. The molecule has 2 atom stereocenters. The van der Waals surface area contributed by atoms with Crippen LogP contribution in [-0.4, -0.2) is 30.3 Å². The average Bonchev–Trinajstić information content (AvgIpc) is 3.24. The third kappa shape index (κ3) is 4.10. The molecule has 1 spiro atoms. The molecule has 7 nitrogen and oxygen atoms in total. The van der Waals surface area contributed by atoms with Gasteiger partial charge in [-0.2, -0.15) is 0 Å². The van der Waals surface area contributed by atoms with E-state index in [1.165, 1.54) is 17.7 Å². The fourth-order valence-corrected chi connectivity index (χ4v) is 4.83. The van der Waals surface area contributed by atoms with E-state index in [9.17, 15) is 14.4 Å². The van der Waals surface area contributed by atoms with Crippen molar-refractivity contribution in [3.63, 3.8) is 0 Å². The third-order valence-corrected chi connectivity index (χ3v) is 6.35. The van der Waals surface area contributed by atoms with Crippen LogP contribution in [0, 0.1) is 5.41 Å². The Morgan fingerprint density at radius 3 is 2.62 bits per heavy atom. The molecule has 8 heteroatoms. The van der Waals surface area contributed by atoms with E-state index in [0.717, 1.165) is 17.7 Å². The van der Waals surface area contributed by atoms with E-state index in [1.54, 1.807) is 6.07 Å². The summed E-state index contributed by atoms with van der Waals surface area (Å²) in [4.78, 5) is 37.2. The molecule has 4 rings (SSSR count). The molecular weight excluding hydrogens is 428 g/mol. The Balaban J connectivity index is 1.53. The van der Waals surface area contributed by atoms with Crippen molar-refractivity contribution in [2.75, 3.05) is 17.2 Å². The third-order valence-electron chi connectivity index (χ3n) is 6.04. The first-order valence-corrected chi connectivity index (χ1v) is 10.9. The predicted molar refractivity (Wildman–Crippen MR) is 125 cm³/mol. The minimum Gasteiger partial charge on any atom is -0.366 e. The van der Waals surface area contributed by atoms with Crippen LogP contribution in [0.2, 0.25) is 5.02 Å². The van der Waals surface area contributed by atoms with Crippen LogP contribution in [0.1, 0.15) is 48.7 Å². The lowest BCUT2D eigenvalue weighted by Crippen LogP contribution is -2.36. The molecule has 0 bridgehead atoms. The second kappa shape index (κ2) is 7.90. The van der Waals surface area contributed by atoms with E-state index in [-0.39, 0.29) is 27.8 Å². The summed E-state index contributed by atoms with van der Waals surface area (Å²) in [5.41, 5.74) is 8.18. The predicted octanol–water partition coefficient (Wildman–Crippen LogP) is 3.22. The number of benzene rings is 2. The molecule has 32 heavy (non-hydrogen) atoms. The number of carbonyl (C=O) groups excluding carboxylic acids is 3. The molecule has 1 saturated heterocycles. The monoisotopic (exact) mass is 454 g/mol. The highest BCUT2D eigenvalue weighted by atomic mass is 35.5. The molecule has 2 aromatic carbocycles. The molecule has 0 aliphatic carbocycles. The molecule has 2 aliphatic heterocycles. The quantitative estimate of drug-likeness (QED) is 0.568. The summed E-state index contributed by atoms with van der Waals surface area (Å²) < 4.78 is 0. The number of nitrogens with two attached hydrogens (primary N) is 1. The highest BCUT2D eigenvalue weighted by Crippen LogP contribution is 2.44. The summed E-state index contributed by atoms with van der Waals surface area (Å²) in [5, 5.41) is 9.17. The number of primary amides is 1. The highest BCUT2D eigenvalue weighted by Gasteiger charge is 2.53. The molecule has 1 fully saturated rings. The minimum absolute atomic E-state index is 0.0861. The van der Waals surface area contributed by atoms with Gasteiger partial charge in [-0.1, -0.05) is 44.5 Å². The van der Waals surface area contributed by atoms with Crippen molar-refractivity contribution in [2.45, 2.75) is 45.1 Å². The largest absolute Gasteiger partial charge is 0.366 e. The van der Waals surface area contributed by atoms with Crippen LogP contribution >= 0.6 is 11.6 Å². The van der Waals surface area contributed by atoms with Crippen LogP contribution in [0.15, 0.2) is 36.4 Å². The van der Waals surface area contributed by atoms with E-state index < -0.39 is 17.4 Å².